The van der Waals surface area contributed by atoms with E-state index in [1.54, 1.807) is 18.2 Å². The average Bonchev–Trinajstić information content (AvgIpc) is 2.44. The van der Waals surface area contributed by atoms with Crippen molar-refractivity contribution in [3.8, 4) is 0 Å². The number of aliphatic hydroxyl groups excluding tert-OH is 1. The van der Waals surface area contributed by atoms with Gasteiger partial charge in [-0.15, -0.1) is 0 Å². The van der Waals surface area contributed by atoms with Crippen molar-refractivity contribution >= 4 is 34.8 Å². The molecule has 0 aromatic heterocycles. The van der Waals surface area contributed by atoms with E-state index in [2.05, 4.69) is 5.32 Å². The van der Waals surface area contributed by atoms with Gasteiger partial charge in [-0.1, -0.05) is 29.3 Å². The second-order valence-electron chi connectivity index (χ2n) is 4.53. The Balaban J connectivity index is 1.98. The molecule has 2 rings (SSSR count). The maximum Gasteiger partial charge on any atom is 0.238 e. The van der Waals surface area contributed by atoms with Gasteiger partial charge in [0.15, 0.2) is 0 Å². The van der Waals surface area contributed by atoms with Crippen molar-refractivity contribution < 1.29 is 14.6 Å². The molecular weight excluding hydrogens is 303 g/mol. The molecular formula is C13H16Cl2N2O3. The number of hydrogen-bond acceptors (Lipinski definition) is 4. The number of hydrogen-bond donors (Lipinski definition) is 2. The molecule has 0 saturated carbocycles. The second kappa shape index (κ2) is 7.24. The molecule has 1 amide bonds. The van der Waals surface area contributed by atoms with Gasteiger partial charge in [0.25, 0.3) is 0 Å². The van der Waals surface area contributed by atoms with E-state index in [1.807, 2.05) is 4.90 Å². The number of benzene rings is 1. The van der Waals surface area contributed by atoms with Gasteiger partial charge in [0, 0.05) is 6.54 Å². The molecule has 1 heterocycles. The molecule has 20 heavy (non-hydrogen) atoms. The lowest BCUT2D eigenvalue weighted by atomic mass is 10.2. The van der Waals surface area contributed by atoms with Crippen LogP contribution in [0.5, 0.6) is 0 Å². The number of ether oxygens (including phenoxy) is 1. The van der Waals surface area contributed by atoms with Crippen molar-refractivity contribution in [2.24, 2.45) is 0 Å². The third kappa shape index (κ3) is 3.84. The Morgan fingerprint density at radius 1 is 1.45 bits per heavy atom. The van der Waals surface area contributed by atoms with Crippen LogP contribution in [0.25, 0.3) is 0 Å². The van der Waals surface area contributed by atoms with Gasteiger partial charge in [-0.2, -0.15) is 0 Å². The van der Waals surface area contributed by atoms with Crippen LogP contribution in [-0.2, 0) is 9.53 Å². The molecule has 2 N–H and O–H groups in total. The topological polar surface area (TPSA) is 61.8 Å². The summed E-state index contributed by atoms with van der Waals surface area (Å²) < 4.78 is 5.27. The average molecular weight is 319 g/mol. The van der Waals surface area contributed by atoms with Crippen LogP contribution in [0, 0.1) is 0 Å². The summed E-state index contributed by atoms with van der Waals surface area (Å²) in [5.74, 6) is -0.222. The summed E-state index contributed by atoms with van der Waals surface area (Å²) in [4.78, 5) is 13.9. The van der Waals surface area contributed by atoms with Crippen molar-refractivity contribution in [3.63, 3.8) is 0 Å². The van der Waals surface area contributed by atoms with Crippen LogP contribution >= 0.6 is 23.2 Å². The van der Waals surface area contributed by atoms with Crippen LogP contribution in [0.2, 0.25) is 10.0 Å². The highest BCUT2D eigenvalue weighted by Crippen LogP contribution is 2.29. The van der Waals surface area contributed by atoms with Crippen LogP contribution < -0.4 is 5.32 Å². The van der Waals surface area contributed by atoms with Gasteiger partial charge in [-0.05, 0) is 12.1 Å². The zero-order valence-electron chi connectivity index (χ0n) is 10.8. The normalized spacial score (nSPS) is 19.9. The van der Waals surface area contributed by atoms with Gasteiger partial charge in [0.2, 0.25) is 5.91 Å². The van der Waals surface area contributed by atoms with E-state index in [4.69, 9.17) is 27.9 Å². The standard InChI is InChI=1S/C13H16Cl2N2O3/c14-10-2-1-3-11(15)13(10)16-12(19)6-17-4-5-20-8-9(17)7-18/h1-3,9,18H,4-8H2,(H,16,19). The molecule has 1 aliphatic heterocycles. The van der Waals surface area contributed by atoms with Gasteiger partial charge in [0.1, 0.15) is 0 Å². The molecule has 5 nitrogen and oxygen atoms in total. The van der Waals surface area contributed by atoms with Gasteiger partial charge < -0.3 is 15.2 Å². The summed E-state index contributed by atoms with van der Waals surface area (Å²) in [6, 6.07) is 4.88. The summed E-state index contributed by atoms with van der Waals surface area (Å²) in [5, 5.41) is 12.8. The molecule has 110 valence electrons. The summed E-state index contributed by atoms with van der Waals surface area (Å²) >= 11 is 12.0. The first-order chi connectivity index (χ1) is 9.61. The Bertz CT molecular complexity index is 464. The number of carbonyl (C=O) groups excluding carboxylic acids is 1. The number of nitrogens with zero attached hydrogens (tertiary/aromatic N) is 1. The summed E-state index contributed by atoms with van der Waals surface area (Å²) in [5.41, 5.74) is 0.412. The molecule has 1 saturated heterocycles. The van der Waals surface area contributed by atoms with E-state index >= 15 is 0 Å². The zero-order valence-corrected chi connectivity index (χ0v) is 12.3. The minimum absolute atomic E-state index is 0.0415. The first kappa shape index (κ1) is 15.5. The minimum atomic E-state index is -0.222. The highest BCUT2D eigenvalue weighted by atomic mass is 35.5. The molecule has 1 unspecified atom stereocenters. The number of halogens is 2. The van der Waals surface area contributed by atoms with E-state index in [0.717, 1.165) is 0 Å². The monoisotopic (exact) mass is 318 g/mol. The highest BCUT2D eigenvalue weighted by Gasteiger charge is 2.24. The van der Waals surface area contributed by atoms with E-state index in [-0.39, 0.29) is 25.1 Å². The summed E-state index contributed by atoms with van der Waals surface area (Å²) in [6.07, 6.45) is 0. The highest BCUT2D eigenvalue weighted by molar-refractivity contribution is 6.39. The third-order valence-electron chi connectivity index (χ3n) is 3.13. The van der Waals surface area contributed by atoms with Crippen LogP contribution in [0.4, 0.5) is 5.69 Å². The molecule has 0 spiro atoms. The predicted molar refractivity (Wildman–Crippen MR) is 78.4 cm³/mol. The van der Waals surface area contributed by atoms with E-state index in [9.17, 15) is 9.90 Å². The molecule has 1 atom stereocenters. The lowest BCUT2D eigenvalue weighted by Crippen LogP contribution is -2.50. The van der Waals surface area contributed by atoms with E-state index in [0.29, 0.717) is 35.5 Å². The molecule has 1 fully saturated rings. The van der Waals surface area contributed by atoms with Gasteiger partial charge >= 0.3 is 0 Å². The first-order valence-electron chi connectivity index (χ1n) is 6.28. The van der Waals surface area contributed by atoms with Crippen molar-refractivity contribution in [1.82, 2.24) is 4.90 Å². The summed E-state index contributed by atoms with van der Waals surface area (Å²) in [6.45, 7) is 1.71. The number of carbonyl (C=O) groups is 1. The predicted octanol–water partition coefficient (Wildman–Crippen LogP) is 1.62. The fourth-order valence-corrected chi connectivity index (χ4v) is 2.54. The van der Waals surface area contributed by atoms with E-state index < -0.39 is 0 Å². The fourth-order valence-electron chi connectivity index (χ4n) is 2.05. The van der Waals surface area contributed by atoms with Crippen molar-refractivity contribution in [1.29, 1.82) is 0 Å². The lowest BCUT2D eigenvalue weighted by Gasteiger charge is -2.33. The molecule has 0 radical (unpaired) electrons. The van der Waals surface area contributed by atoms with Gasteiger partial charge in [-0.25, -0.2) is 0 Å². The van der Waals surface area contributed by atoms with Gasteiger partial charge in [-0.3, -0.25) is 9.69 Å². The third-order valence-corrected chi connectivity index (χ3v) is 3.76. The number of amides is 1. The Hall–Kier alpha value is -0.850. The van der Waals surface area contributed by atoms with Gasteiger partial charge in [0.05, 0.1) is 48.1 Å². The smallest absolute Gasteiger partial charge is 0.238 e. The van der Waals surface area contributed by atoms with E-state index in [1.165, 1.54) is 0 Å². The largest absolute Gasteiger partial charge is 0.395 e. The van der Waals surface area contributed by atoms with Crippen molar-refractivity contribution in [2.75, 3.05) is 38.2 Å². The lowest BCUT2D eigenvalue weighted by molar-refractivity contribution is -0.120. The summed E-state index contributed by atoms with van der Waals surface area (Å²) in [7, 11) is 0. The first-order valence-corrected chi connectivity index (χ1v) is 7.04. The number of anilines is 1. The number of para-hydroxylation sites is 1. The zero-order chi connectivity index (χ0) is 14.5. The molecule has 1 aromatic rings. The molecule has 1 aliphatic rings. The van der Waals surface area contributed by atoms with Crippen LogP contribution in [0.1, 0.15) is 0 Å². The Kier molecular flexibility index (Phi) is 5.63. The quantitative estimate of drug-likeness (QED) is 0.885. The molecule has 0 aliphatic carbocycles. The maximum absolute atomic E-state index is 12.1. The number of morpholine rings is 1. The Morgan fingerprint density at radius 3 is 2.80 bits per heavy atom. The molecule has 1 aromatic carbocycles. The fraction of sp³-hybridized carbons (Fsp3) is 0.462. The molecule has 0 bridgehead atoms. The van der Waals surface area contributed by atoms with Crippen molar-refractivity contribution in [3.05, 3.63) is 28.2 Å². The number of rotatable bonds is 4. The SMILES string of the molecule is O=C(CN1CCOCC1CO)Nc1c(Cl)cccc1Cl. The van der Waals surface area contributed by atoms with Crippen LogP contribution in [-0.4, -0.2) is 54.9 Å². The number of aliphatic hydroxyl groups is 1. The van der Waals surface area contributed by atoms with Crippen LogP contribution in [0.3, 0.4) is 0 Å². The Labute approximate surface area is 127 Å². The minimum Gasteiger partial charge on any atom is -0.395 e. The Morgan fingerprint density at radius 2 is 2.15 bits per heavy atom. The molecule has 7 heteroatoms. The van der Waals surface area contributed by atoms with Crippen LogP contribution in [0.15, 0.2) is 18.2 Å². The maximum atomic E-state index is 12.1. The van der Waals surface area contributed by atoms with Crippen molar-refractivity contribution in [2.45, 2.75) is 6.04 Å². The second-order valence-corrected chi connectivity index (χ2v) is 5.34. The number of nitrogens with one attached hydrogen (secondary N) is 1.